The molecular weight excluding hydrogens is 378 g/mol. The van der Waals surface area contributed by atoms with Crippen LogP contribution in [0.1, 0.15) is 89.5 Å². The number of hydrogen-bond acceptors (Lipinski definition) is 4. The van der Waals surface area contributed by atoms with E-state index in [1.807, 2.05) is 0 Å². The van der Waals surface area contributed by atoms with E-state index in [0.29, 0.717) is 12.2 Å². The Bertz CT molecular complexity index is 625. The van der Waals surface area contributed by atoms with Gasteiger partial charge in [-0.05, 0) is 56.2 Å². The van der Waals surface area contributed by atoms with Crippen LogP contribution in [-0.4, -0.2) is 23.1 Å². The van der Waals surface area contributed by atoms with E-state index in [1.54, 1.807) is 24.3 Å². The molecule has 0 aliphatic heterocycles. The van der Waals surface area contributed by atoms with E-state index >= 15 is 0 Å². The van der Waals surface area contributed by atoms with Crippen LogP contribution in [0.15, 0.2) is 36.4 Å². The van der Waals surface area contributed by atoms with Crippen LogP contribution in [-0.2, 0) is 16.0 Å². The number of aliphatic carboxylic acids is 1. The summed E-state index contributed by atoms with van der Waals surface area (Å²) in [4.78, 5) is 22.7. The number of carboxylic acids is 1. The van der Waals surface area contributed by atoms with Crippen molar-refractivity contribution < 1.29 is 19.4 Å². The zero-order valence-corrected chi connectivity index (χ0v) is 18.5. The summed E-state index contributed by atoms with van der Waals surface area (Å²) >= 11 is 0. The molecule has 0 amide bonds. The fourth-order valence-corrected chi connectivity index (χ4v) is 3.20. The highest BCUT2D eigenvalue weighted by molar-refractivity contribution is 5.73. The lowest BCUT2D eigenvalue weighted by atomic mass is 10.1. The van der Waals surface area contributed by atoms with Gasteiger partial charge in [0.25, 0.3) is 0 Å². The second-order valence-electron chi connectivity index (χ2n) is 7.89. The summed E-state index contributed by atoms with van der Waals surface area (Å²) in [6, 6.07) is 5.92. The van der Waals surface area contributed by atoms with Gasteiger partial charge in [-0.1, -0.05) is 69.7 Å². The molecule has 0 heterocycles. The van der Waals surface area contributed by atoms with Crippen LogP contribution >= 0.6 is 0 Å². The minimum atomic E-state index is -1.03. The summed E-state index contributed by atoms with van der Waals surface area (Å²) < 4.78 is 5.33. The first kappa shape index (κ1) is 25.9. The standard InChI is InChI=1S/C25H39NO4/c1-2-3-4-5-6-7-8-9-10-11-12-13-14-15-24(27)30-22-18-16-21(17-19-22)20-23(26)25(28)29/h7-8,16-19,23H,2-6,9-15,20,26H2,1H3,(H,28,29)/t23-/m0/s1. The number of carboxylic acid groups (broad SMARTS) is 1. The van der Waals surface area contributed by atoms with Crippen LogP contribution < -0.4 is 10.5 Å². The summed E-state index contributed by atoms with van der Waals surface area (Å²) in [6.07, 6.45) is 18.4. The van der Waals surface area contributed by atoms with Crippen molar-refractivity contribution in [3.63, 3.8) is 0 Å². The van der Waals surface area contributed by atoms with Crippen molar-refractivity contribution in [3.05, 3.63) is 42.0 Å². The third kappa shape index (κ3) is 13.2. The van der Waals surface area contributed by atoms with E-state index in [2.05, 4.69) is 19.1 Å². The van der Waals surface area contributed by atoms with Gasteiger partial charge in [-0.2, -0.15) is 0 Å². The molecule has 3 N–H and O–H groups in total. The molecule has 0 bridgehead atoms. The molecule has 0 unspecified atom stereocenters. The van der Waals surface area contributed by atoms with Crippen LogP contribution in [0.5, 0.6) is 5.75 Å². The molecule has 0 saturated heterocycles. The van der Waals surface area contributed by atoms with E-state index < -0.39 is 12.0 Å². The van der Waals surface area contributed by atoms with Gasteiger partial charge in [0.05, 0.1) is 0 Å². The number of hydrogen-bond donors (Lipinski definition) is 2. The number of esters is 1. The molecule has 5 nitrogen and oxygen atoms in total. The van der Waals surface area contributed by atoms with Crippen LogP contribution in [0.3, 0.4) is 0 Å². The van der Waals surface area contributed by atoms with Gasteiger partial charge in [-0.25, -0.2) is 0 Å². The van der Waals surface area contributed by atoms with Gasteiger partial charge in [0.15, 0.2) is 0 Å². The van der Waals surface area contributed by atoms with Crippen LogP contribution in [0.2, 0.25) is 0 Å². The van der Waals surface area contributed by atoms with Gasteiger partial charge < -0.3 is 15.6 Å². The minimum absolute atomic E-state index is 0.226. The maximum absolute atomic E-state index is 11.9. The highest BCUT2D eigenvalue weighted by Gasteiger charge is 2.12. The molecule has 5 heteroatoms. The summed E-state index contributed by atoms with van der Waals surface area (Å²) in [7, 11) is 0. The first-order valence-electron chi connectivity index (χ1n) is 11.5. The zero-order chi connectivity index (χ0) is 22.0. The highest BCUT2D eigenvalue weighted by atomic mass is 16.5. The Hall–Kier alpha value is -2.14. The van der Waals surface area contributed by atoms with Gasteiger partial charge in [0.2, 0.25) is 0 Å². The van der Waals surface area contributed by atoms with E-state index in [0.717, 1.165) is 31.2 Å². The van der Waals surface area contributed by atoms with E-state index in [4.69, 9.17) is 15.6 Å². The molecule has 0 aliphatic carbocycles. The first-order valence-corrected chi connectivity index (χ1v) is 11.5. The predicted molar refractivity (Wildman–Crippen MR) is 122 cm³/mol. The molecule has 0 radical (unpaired) electrons. The fraction of sp³-hybridized carbons (Fsp3) is 0.600. The van der Waals surface area contributed by atoms with Crippen molar-refractivity contribution in [3.8, 4) is 5.75 Å². The largest absolute Gasteiger partial charge is 0.480 e. The maximum atomic E-state index is 11.9. The minimum Gasteiger partial charge on any atom is -0.480 e. The van der Waals surface area contributed by atoms with Crippen molar-refractivity contribution >= 4 is 11.9 Å². The average Bonchev–Trinajstić information content (AvgIpc) is 2.72. The van der Waals surface area contributed by atoms with Gasteiger partial charge in [0.1, 0.15) is 11.8 Å². The van der Waals surface area contributed by atoms with E-state index in [1.165, 1.54) is 44.9 Å². The number of carbonyl (C=O) groups excluding carboxylic acids is 1. The van der Waals surface area contributed by atoms with E-state index in [-0.39, 0.29) is 12.4 Å². The number of unbranched alkanes of at least 4 members (excludes halogenated alkanes) is 9. The van der Waals surface area contributed by atoms with Crippen molar-refractivity contribution in [2.75, 3.05) is 0 Å². The van der Waals surface area contributed by atoms with Crippen molar-refractivity contribution in [1.29, 1.82) is 0 Å². The Morgan fingerprint density at radius 2 is 1.50 bits per heavy atom. The molecule has 0 saturated carbocycles. The monoisotopic (exact) mass is 417 g/mol. The van der Waals surface area contributed by atoms with Gasteiger partial charge in [0, 0.05) is 6.42 Å². The number of ether oxygens (including phenoxy) is 1. The second-order valence-corrected chi connectivity index (χ2v) is 7.89. The molecule has 0 spiro atoms. The Morgan fingerprint density at radius 3 is 2.10 bits per heavy atom. The second kappa shape index (κ2) is 16.6. The summed E-state index contributed by atoms with van der Waals surface area (Å²) in [5.74, 6) is -0.773. The van der Waals surface area contributed by atoms with Crippen LogP contribution in [0.25, 0.3) is 0 Å². The number of rotatable bonds is 17. The number of nitrogens with two attached hydrogens (primary N) is 1. The van der Waals surface area contributed by atoms with Crippen molar-refractivity contribution in [1.82, 2.24) is 0 Å². The molecule has 30 heavy (non-hydrogen) atoms. The molecule has 168 valence electrons. The predicted octanol–water partition coefficient (Wildman–Crippen LogP) is 5.80. The fourth-order valence-electron chi connectivity index (χ4n) is 3.20. The molecule has 1 rings (SSSR count). The zero-order valence-electron chi connectivity index (χ0n) is 18.5. The molecular formula is C25H39NO4. The van der Waals surface area contributed by atoms with Gasteiger partial charge in [-0.3, -0.25) is 9.59 Å². The quantitative estimate of drug-likeness (QED) is 0.145. The lowest BCUT2D eigenvalue weighted by molar-refractivity contribution is -0.138. The summed E-state index contributed by atoms with van der Waals surface area (Å²) in [6.45, 7) is 2.24. The maximum Gasteiger partial charge on any atom is 0.320 e. The van der Waals surface area contributed by atoms with Gasteiger partial charge >= 0.3 is 11.9 Å². The molecule has 1 aromatic carbocycles. The number of carbonyl (C=O) groups is 2. The number of benzene rings is 1. The Morgan fingerprint density at radius 1 is 0.933 bits per heavy atom. The highest BCUT2D eigenvalue weighted by Crippen LogP contribution is 2.15. The number of allylic oxidation sites excluding steroid dienone is 2. The Labute approximate surface area is 181 Å². The van der Waals surface area contributed by atoms with Crippen LogP contribution in [0.4, 0.5) is 0 Å². The summed E-state index contributed by atoms with van der Waals surface area (Å²) in [5.41, 5.74) is 6.32. The first-order chi connectivity index (χ1) is 14.5. The normalized spacial score (nSPS) is 12.2. The SMILES string of the molecule is CCCCCCC=CCCCCCCCC(=O)Oc1ccc(C[C@H](N)C(=O)O)cc1. The molecule has 0 aromatic heterocycles. The molecule has 1 atom stereocenters. The van der Waals surface area contributed by atoms with E-state index in [9.17, 15) is 9.59 Å². The average molecular weight is 418 g/mol. The lowest BCUT2D eigenvalue weighted by Gasteiger charge is -2.08. The Balaban J connectivity index is 2.04. The summed E-state index contributed by atoms with van der Waals surface area (Å²) in [5, 5.41) is 8.84. The van der Waals surface area contributed by atoms with Gasteiger partial charge in [-0.15, -0.1) is 0 Å². The third-order valence-electron chi connectivity index (χ3n) is 5.07. The van der Waals surface area contributed by atoms with Crippen LogP contribution in [0, 0.1) is 0 Å². The lowest BCUT2D eigenvalue weighted by Crippen LogP contribution is -2.32. The third-order valence-corrected chi connectivity index (χ3v) is 5.07. The van der Waals surface area contributed by atoms with Crippen molar-refractivity contribution in [2.45, 2.75) is 96.4 Å². The smallest absolute Gasteiger partial charge is 0.320 e. The molecule has 0 aliphatic rings. The Kier molecular flexibility index (Phi) is 14.4. The topological polar surface area (TPSA) is 89.6 Å². The van der Waals surface area contributed by atoms with Crippen molar-refractivity contribution in [2.24, 2.45) is 5.73 Å². The molecule has 1 aromatic rings. The molecule has 0 fully saturated rings.